The number of ether oxygens (including phenoxy) is 2. The molecule has 4 heteroatoms. The van der Waals surface area contributed by atoms with E-state index in [1.165, 1.54) is 5.56 Å². The number of carbonyl (C=O) groups is 1. The van der Waals surface area contributed by atoms with E-state index in [1.807, 2.05) is 62.4 Å². The van der Waals surface area contributed by atoms with Gasteiger partial charge >= 0.3 is 0 Å². The van der Waals surface area contributed by atoms with Gasteiger partial charge in [-0.05, 0) is 62.2 Å². The van der Waals surface area contributed by atoms with Crippen molar-refractivity contribution in [3.8, 4) is 11.5 Å². The molecule has 23 heavy (non-hydrogen) atoms. The van der Waals surface area contributed by atoms with Crippen LogP contribution in [0.3, 0.4) is 0 Å². The molecule has 0 unspecified atom stereocenters. The van der Waals surface area contributed by atoms with Crippen molar-refractivity contribution in [3.05, 3.63) is 54.1 Å². The Bertz CT molecular complexity index is 618. The van der Waals surface area contributed by atoms with Crippen molar-refractivity contribution in [1.29, 1.82) is 0 Å². The Labute approximate surface area is 137 Å². The molecule has 0 saturated carbocycles. The summed E-state index contributed by atoms with van der Waals surface area (Å²) in [6, 6.07) is 15.0. The van der Waals surface area contributed by atoms with Crippen LogP contribution in [-0.2, 0) is 11.2 Å². The molecule has 0 aromatic heterocycles. The topological polar surface area (TPSA) is 47.6 Å². The van der Waals surface area contributed by atoms with E-state index in [2.05, 4.69) is 12.2 Å². The van der Waals surface area contributed by atoms with Crippen LogP contribution >= 0.6 is 0 Å². The lowest BCUT2D eigenvalue weighted by Gasteiger charge is -2.11. The van der Waals surface area contributed by atoms with Crippen molar-refractivity contribution in [2.75, 3.05) is 11.9 Å². The van der Waals surface area contributed by atoms with E-state index in [0.717, 1.165) is 17.9 Å². The van der Waals surface area contributed by atoms with Crippen LogP contribution in [0.5, 0.6) is 11.5 Å². The number of hydrogen-bond acceptors (Lipinski definition) is 3. The highest BCUT2D eigenvalue weighted by Crippen LogP contribution is 2.17. The fourth-order valence-corrected chi connectivity index (χ4v) is 2.06. The fourth-order valence-electron chi connectivity index (χ4n) is 2.06. The first-order valence-electron chi connectivity index (χ1n) is 7.85. The molecule has 1 amide bonds. The molecule has 0 bridgehead atoms. The van der Waals surface area contributed by atoms with E-state index in [1.54, 1.807) is 0 Å². The zero-order valence-electron chi connectivity index (χ0n) is 13.8. The minimum Gasteiger partial charge on any atom is -0.491 e. The minimum absolute atomic E-state index is 0.0181. The number of aryl methyl sites for hydroxylation is 1. The summed E-state index contributed by atoms with van der Waals surface area (Å²) in [7, 11) is 0. The van der Waals surface area contributed by atoms with Gasteiger partial charge in [0.1, 0.15) is 11.5 Å². The van der Waals surface area contributed by atoms with Crippen molar-refractivity contribution in [2.45, 2.75) is 33.3 Å². The Morgan fingerprint density at radius 2 is 1.61 bits per heavy atom. The molecule has 0 heterocycles. The Hall–Kier alpha value is -2.49. The van der Waals surface area contributed by atoms with E-state index in [-0.39, 0.29) is 18.6 Å². The average Bonchev–Trinajstić information content (AvgIpc) is 2.55. The monoisotopic (exact) mass is 313 g/mol. The van der Waals surface area contributed by atoms with E-state index < -0.39 is 0 Å². The van der Waals surface area contributed by atoms with Gasteiger partial charge in [0, 0.05) is 5.69 Å². The summed E-state index contributed by atoms with van der Waals surface area (Å²) in [4.78, 5) is 11.9. The smallest absolute Gasteiger partial charge is 0.262 e. The molecule has 0 aliphatic rings. The number of amides is 1. The van der Waals surface area contributed by atoms with Gasteiger partial charge in [-0.3, -0.25) is 4.79 Å². The number of nitrogens with one attached hydrogen (secondary N) is 1. The third-order valence-electron chi connectivity index (χ3n) is 3.21. The molecular formula is C19H23NO3. The molecule has 0 radical (unpaired) electrons. The molecule has 2 rings (SSSR count). The molecule has 4 nitrogen and oxygen atoms in total. The van der Waals surface area contributed by atoms with Crippen LogP contribution in [0.15, 0.2) is 48.5 Å². The molecule has 0 atom stereocenters. The molecule has 122 valence electrons. The second-order valence-corrected chi connectivity index (χ2v) is 5.53. The molecule has 1 N–H and O–H groups in total. The van der Waals surface area contributed by atoms with Crippen LogP contribution < -0.4 is 14.8 Å². The van der Waals surface area contributed by atoms with Gasteiger partial charge in [-0.1, -0.05) is 19.1 Å². The van der Waals surface area contributed by atoms with Gasteiger partial charge in [0.2, 0.25) is 0 Å². The Morgan fingerprint density at radius 3 is 2.17 bits per heavy atom. The lowest BCUT2D eigenvalue weighted by atomic mass is 10.2. The van der Waals surface area contributed by atoms with Crippen molar-refractivity contribution >= 4 is 11.6 Å². The maximum atomic E-state index is 11.9. The number of benzene rings is 2. The highest BCUT2D eigenvalue weighted by molar-refractivity contribution is 5.91. The molecule has 0 spiro atoms. The van der Waals surface area contributed by atoms with Gasteiger partial charge in [-0.2, -0.15) is 0 Å². The quantitative estimate of drug-likeness (QED) is 0.838. The highest BCUT2D eigenvalue weighted by atomic mass is 16.5. The van der Waals surface area contributed by atoms with Crippen LogP contribution in [-0.4, -0.2) is 18.6 Å². The van der Waals surface area contributed by atoms with Gasteiger partial charge < -0.3 is 14.8 Å². The van der Waals surface area contributed by atoms with Crippen LogP contribution in [0.1, 0.15) is 26.3 Å². The molecular weight excluding hydrogens is 290 g/mol. The summed E-state index contributed by atoms with van der Waals surface area (Å²) in [5.74, 6) is 1.28. The summed E-state index contributed by atoms with van der Waals surface area (Å²) in [5.41, 5.74) is 1.96. The second kappa shape index (κ2) is 8.22. The molecule has 0 aliphatic carbocycles. The molecule has 0 aliphatic heterocycles. The van der Waals surface area contributed by atoms with Crippen molar-refractivity contribution < 1.29 is 14.3 Å². The first-order chi connectivity index (χ1) is 11.1. The van der Waals surface area contributed by atoms with Gasteiger partial charge in [-0.25, -0.2) is 0 Å². The SMILES string of the molecule is CCc1ccc(OCC(=O)Nc2ccc(OC(C)C)cc2)cc1. The van der Waals surface area contributed by atoms with E-state index in [0.29, 0.717) is 5.75 Å². The van der Waals surface area contributed by atoms with Gasteiger partial charge in [-0.15, -0.1) is 0 Å². The summed E-state index contributed by atoms with van der Waals surface area (Å²) in [6.45, 7) is 6.02. The van der Waals surface area contributed by atoms with Crippen molar-refractivity contribution in [3.63, 3.8) is 0 Å². The van der Waals surface area contributed by atoms with E-state index in [4.69, 9.17) is 9.47 Å². The maximum Gasteiger partial charge on any atom is 0.262 e. The van der Waals surface area contributed by atoms with Gasteiger partial charge in [0.25, 0.3) is 5.91 Å². The van der Waals surface area contributed by atoms with Crippen molar-refractivity contribution in [1.82, 2.24) is 0 Å². The minimum atomic E-state index is -0.193. The first kappa shape index (κ1) is 16.9. The summed E-state index contributed by atoms with van der Waals surface area (Å²) in [6.07, 6.45) is 1.11. The Morgan fingerprint density at radius 1 is 1.00 bits per heavy atom. The lowest BCUT2D eigenvalue weighted by Crippen LogP contribution is -2.20. The predicted molar refractivity (Wildman–Crippen MR) is 92.2 cm³/mol. The predicted octanol–water partition coefficient (Wildman–Crippen LogP) is 4.05. The normalized spacial score (nSPS) is 10.4. The largest absolute Gasteiger partial charge is 0.491 e. The van der Waals surface area contributed by atoms with Gasteiger partial charge in [0.15, 0.2) is 6.61 Å². The number of rotatable bonds is 7. The zero-order valence-corrected chi connectivity index (χ0v) is 13.8. The molecule has 2 aromatic rings. The van der Waals surface area contributed by atoms with Crippen LogP contribution in [0.4, 0.5) is 5.69 Å². The van der Waals surface area contributed by atoms with Crippen LogP contribution in [0.2, 0.25) is 0 Å². The second-order valence-electron chi connectivity index (χ2n) is 5.53. The maximum absolute atomic E-state index is 11.9. The van der Waals surface area contributed by atoms with E-state index in [9.17, 15) is 4.79 Å². The Kier molecular flexibility index (Phi) is 6.03. The average molecular weight is 313 g/mol. The summed E-state index contributed by atoms with van der Waals surface area (Å²) >= 11 is 0. The third kappa shape index (κ3) is 5.66. The van der Waals surface area contributed by atoms with E-state index >= 15 is 0 Å². The molecule has 0 saturated heterocycles. The summed E-state index contributed by atoms with van der Waals surface area (Å²) < 4.78 is 11.0. The standard InChI is InChI=1S/C19H23NO3/c1-4-15-5-9-17(10-6-15)22-13-19(21)20-16-7-11-18(12-8-16)23-14(2)3/h5-12,14H,4,13H2,1-3H3,(H,20,21). The Balaban J connectivity index is 1.81. The number of carbonyl (C=O) groups excluding carboxylic acids is 1. The number of anilines is 1. The highest BCUT2D eigenvalue weighted by Gasteiger charge is 2.05. The van der Waals surface area contributed by atoms with Gasteiger partial charge in [0.05, 0.1) is 6.10 Å². The van der Waals surface area contributed by atoms with Crippen LogP contribution in [0, 0.1) is 0 Å². The summed E-state index contributed by atoms with van der Waals surface area (Å²) in [5, 5.41) is 2.80. The number of hydrogen-bond donors (Lipinski definition) is 1. The molecule has 0 fully saturated rings. The van der Waals surface area contributed by atoms with Crippen LogP contribution in [0.25, 0.3) is 0 Å². The fraction of sp³-hybridized carbons (Fsp3) is 0.316. The van der Waals surface area contributed by atoms with Crippen molar-refractivity contribution in [2.24, 2.45) is 0 Å². The first-order valence-corrected chi connectivity index (χ1v) is 7.85. The molecule has 2 aromatic carbocycles. The lowest BCUT2D eigenvalue weighted by molar-refractivity contribution is -0.118. The zero-order chi connectivity index (χ0) is 16.7. The third-order valence-corrected chi connectivity index (χ3v) is 3.21.